The van der Waals surface area contributed by atoms with Crippen LogP contribution in [0.2, 0.25) is 0 Å². The van der Waals surface area contributed by atoms with Crippen molar-refractivity contribution in [1.29, 1.82) is 5.26 Å². The van der Waals surface area contributed by atoms with Gasteiger partial charge in [0, 0.05) is 10.9 Å². The number of pyridine rings is 1. The minimum absolute atomic E-state index is 0.166. The molecule has 0 aliphatic heterocycles. The molecule has 0 unspecified atom stereocenters. The number of aryl methyl sites for hydroxylation is 1. The monoisotopic (exact) mass is 260 g/mol. The summed E-state index contributed by atoms with van der Waals surface area (Å²) in [5, 5.41) is 20.0. The number of rotatable bonds is 1. The average Bonchev–Trinajstić information content (AvgIpc) is 2.47. The predicted octanol–water partition coefficient (Wildman–Crippen LogP) is 3.79. The molecule has 0 aliphatic carbocycles. The van der Waals surface area contributed by atoms with Crippen LogP contribution in [0.4, 0.5) is 0 Å². The number of nitrogens with zero attached hydrogens (tertiary/aromatic N) is 2. The molecule has 0 spiro atoms. The highest BCUT2D eigenvalue weighted by Gasteiger charge is 2.13. The Hall–Kier alpha value is -2.86. The van der Waals surface area contributed by atoms with Crippen molar-refractivity contribution in [2.24, 2.45) is 0 Å². The van der Waals surface area contributed by atoms with E-state index in [2.05, 4.69) is 11.1 Å². The fraction of sp³-hybridized carbons (Fsp3) is 0.0588. The van der Waals surface area contributed by atoms with Gasteiger partial charge in [-0.25, -0.2) is 4.98 Å². The standard InChI is InChI=1S/C17H12N2O/c1-11-14-7-2-3-8-16(14)19-17(15(11)10-18)12-5-4-6-13(20)9-12/h2-9,20H,1H3. The van der Waals surface area contributed by atoms with Crippen LogP contribution in [0.3, 0.4) is 0 Å². The largest absolute Gasteiger partial charge is 0.508 e. The van der Waals surface area contributed by atoms with Crippen molar-refractivity contribution in [3.8, 4) is 23.1 Å². The summed E-state index contributed by atoms with van der Waals surface area (Å²) in [6.45, 7) is 1.93. The molecule has 3 rings (SSSR count). The van der Waals surface area contributed by atoms with Crippen LogP contribution in [0.15, 0.2) is 48.5 Å². The van der Waals surface area contributed by atoms with Crippen LogP contribution in [0.1, 0.15) is 11.1 Å². The summed E-state index contributed by atoms with van der Waals surface area (Å²) in [6, 6.07) is 16.8. The van der Waals surface area contributed by atoms with Crippen molar-refractivity contribution in [3.63, 3.8) is 0 Å². The van der Waals surface area contributed by atoms with E-state index in [4.69, 9.17) is 0 Å². The summed E-state index contributed by atoms with van der Waals surface area (Å²) in [5.41, 5.74) is 3.67. The van der Waals surface area contributed by atoms with Crippen molar-refractivity contribution in [2.45, 2.75) is 6.92 Å². The lowest BCUT2D eigenvalue weighted by Crippen LogP contribution is -1.95. The number of phenols is 1. The van der Waals surface area contributed by atoms with Crippen LogP contribution in [-0.2, 0) is 0 Å². The molecule has 0 radical (unpaired) electrons. The number of nitriles is 1. The van der Waals surface area contributed by atoms with E-state index >= 15 is 0 Å². The molecule has 2 aromatic carbocycles. The summed E-state index contributed by atoms with van der Waals surface area (Å²) in [6.07, 6.45) is 0. The highest BCUT2D eigenvalue weighted by molar-refractivity contribution is 5.88. The molecule has 3 nitrogen and oxygen atoms in total. The van der Waals surface area contributed by atoms with Gasteiger partial charge < -0.3 is 5.11 Å². The molecule has 0 bridgehead atoms. The van der Waals surface area contributed by atoms with E-state index in [1.54, 1.807) is 18.2 Å². The minimum Gasteiger partial charge on any atom is -0.508 e. The fourth-order valence-corrected chi connectivity index (χ4v) is 2.38. The van der Waals surface area contributed by atoms with Gasteiger partial charge in [0.2, 0.25) is 0 Å². The Morgan fingerprint density at radius 3 is 2.65 bits per heavy atom. The summed E-state index contributed by atoms with van der Waals surface area (Å²) in [4.78, 5) is 4.58. The molecular formula is C17H12N2O. The smallest absolute Gasteiger partial charge is 0.116 e. The van der Waals surface area contributed by atoms with E-state index in [1.807, 2.05) is 37.3 Å². The van der Waals surface area contributed by atoms with Gasteiger partial charge in [-0.1, -0.05) is 30.3 Å². The first-order valence-electron chi connectivity index (χ1n) is 6.29. The van der Waals surface area contributed by atoms with Gasteiger partial charge in [-0.15, -0.1) is 0 Å². The Morgan fingerprint density at radius 1 is 1.10 bits per heavy atom. The molecule has 96 valence electrons. The molecule has 0 aliphatic rings. The first kappa shape index (κ1) is 12.2. The van der Waals surface area contributed by atoms with Crippen molar-refractivity contribution < 1.29 is 5.11 Å². The van der Waals surface area contributed by atoms with Crippen molar-refractivity contribution in [2.75, 3.05) is 0 Å². The van der Waals surface area contributed by atoms with Crippen molar-refractivity contribution in [1.82, 2.24) is 4.98 Å². The highest BCUT2D eigenvalue weighted by Crippen LogP contribution is 2.30. The van der Waals surface area contributed by atoms with Crippen LogP contribution in [0, 0.1) is 18.3 Å². The third-order valence-electron chi connectivity index (χ3n) is 3.38. The molecule has 1 heterocycles. The number of hydrogen-bond donors (Lipinski definition) is 1. The number of aromatic nitrogens is 1. The van der Waals surface area contributed by atoms with Crippen molar-refractivity contribution >= 4 is 10.9 Å². The normalized spacial score (nSPS) is 10.4. The molecule has 0 saturated carbocycles. The van der Waals surface area contributed by atoms with Crippen LogP contribution >= 0.6 is 0 Å². The summed E-state index contributed by atoms with van der Waals surface area (Å²) in [7, 11) is 0. The summed E-state index contributed by atoms with van der Waals surface area (Å²) < 4.78 is 0. The van der Waals surface area contributed by atoms with Crippen LogP contribution < -0.4 is 0 Å². The molecule has 3 heteroatoms. The zero-order valence-electron chi connectivity index (χ0n) is 11.0. The maximum atomic E-state index is 9.61. The highest BCUT2D eigenvalue weighted by atomic mass is 16.3. The van der Waals surface area contributed by atoms with E-state index in [-0.39, 0.29) is 5.75 Å². The van der Waals surface area contributed by atoms with Gasteiger partial charge in [-0.3, -0.25) is 0 Å². The zero-order valence-corrected chi connectivity index (χ0v) is 11.0. The Morgan fingerprint density at radius 2 is 1.90 bits per heavy atom. The Kier molecular flexibility index (Phi) is 2.85. The second kappa shape index (κ2) is 4.67. The topological polar surface area (TPSA) is 56.9 Å². The number of para-hydroxylation sites is 1. The van der Waals surface area contributed by atoms with Crippen LogP contribution in [0.5, 0.6) is 5.75 Å². The molecule has 1 aromatic heterocycles. The summed E-state index contributed by atoms with van der Waals surface area (Å²) in [5.74, 6) is 0.166. The number of fused-ring (bicyclic) bond motifs is 1. The Bertz CT molecular complexity index is 847. The van der Waals surface area contributed by atoms with Crippen LogP contribution in [0.25, 0.3) is 22.2 Å². The fourth-order valence-electron chi connectivity index (χ4n) is 2.38. The van der Waals surface area contributed by atoms with Gasteiger partial charge in [-0.05, 0) is 30.7 Å². The van der Waals surface area contributed by atoms with Gasteiger partial charge in [0.05, 0.1) is 16.8 Å². The molecule has 0 fully saturated rings. The molecule has 0 atom stereocenters. The zero-order chi connectivity index (χ0) is 14.1. The lowest BCUT2D eigenvalue weighted by atomic mass is 9.98. The SMILES string of the molecule is Cc1c(C#N)c(-c2cccc(O)c2)nc2ccccc12. The third kappa shape index (κ3) is 1.88. The van der Waals surface area contributed by atoms with E-state index in [9.17, 15) is 10.4 Å². The molecular weight excluding hydrogens is 248 g/mol. The molecule has 0 saturated heterocycles. The van der Waals surface area contributed by atoms with E-state index < -0.39 is 0 Å². The maximum absolute atomic E-state index is 9.61. The molecule has 20 heavy (non-hydrogen) atoms. The van der Waals surface area contributed by atoms with Crippen LogP contribution in [-0.4, -0.2) is 10.1 Å². The minimum atomic E-state index is 0.166. The first-order valence-corrected chi connectivity index (χ1v) is 6.29. The molecule has 0 amide bonds. The summed E-state index contributed by atoms with van der Waals surface area (Å²) >= 11 is 0. The lowest BCUT2D eigenvalue weighted by Gasteiger charge is -2.10. The number of benzene rings is 2. The molecule has 1 N–H and O–H groups in total. The number of hydrogen-bond acceptors (Lipinski definition) is 3. The lowest BCUT2D eigenvalue weighted by molar-refractivity contribution is 0.475. The Balaban J connectivity index is 2.39. The molecule has 3 aromatic rings. The first-order chi connectivity index (χ1) is 9.70. The number of phenolic OH excluding ortho intramolecular Hbond substituents is 1. The average molecular weight is 260 g/mol. The van der Waals surface area contributed by atoms with Gasteiger partial charge in [0.15, 0.2) is 0 Å². The second-order valence-corrected chi connectivity index (χ2v) is 4.64. The van der Waals surface area contributed by atoms with E-state index in [1.165, 1.54) is 0 Å². The van der Waals surface area contributed by atoms with Gasteiger partial charge in [-0.2, -0.15) is 5.26 Å². The Labute approximate surface area is 116 Å². The third-order valence-corrected chi connectivity index (χ3v) is 3.38. The predicted molar refractivity (Wildman–Crippen MR) is 78.3 cm³/mol. The van der Waals surface area contributed by atoms with Gasteiger partial charge >= 0.3 is 0 Å². The van der Waals surface area contributed by atoms with Gasteiger partial charge in [0.25, 0.3) is 0 Å². The van der Waals surface area contributed by atoms with Gasteiger partial charge in [0.1, 0.15) is 11.8 Å². The quantitative estimate of drug-likeness (QED) is 0.724. The maximum Gasteiger partial charge on any atom is 0.116 e. The van der Waals surface area contributed by atoms with Crippen molar-refractivity contribution in [3.05, 3.63) is 59.7 Å². The number of aromatic hydroxyl groups is 1. The van der Waals surface area contributed by atoms with E-state index in [0.717, 1.165) is 22.0 Å². The second-order valence-electron chi connectivity index (χ2n) is 4.64. The van der Waals surface area contributed by atoms with E-state index in [0.29, 0.717) is 11.3 Å².